The van der Waals surface area contributed by atoms with Crippen LogP contribution in [0.1, 0.15) is 0 Å². The first-order chi connectivity index (χ1) is 5.15. The first-order valence-corrected chi connectivity index (χ1v) is 3.33. The Morgan fingerprint density at radius 2 is 1.67 bits per heavy atom. The van der Waals surface area contributed by atoms with Gasteiger partial charge < -0.3 is 4.74 Å². The van der Waals surface area contributed by atoms with E-state index in [1.807, 2.05) is 0 Å². The molecule has 1 nitrogen and oxygen atoms in total. The third-order valence-corrected chi connectivity index (χ3v) is 1.38. The van der Waals surface area contributed by atoms with E-state index in [0.717, 1.165) is 0 Å². The predicted molar refractivity (Wildman–Crippen MR) is 32.4 cm³/mol. The van der Waals surface area contributed by atoms with Gasteiger partial charge in [-0.1, -0.05) is 11.6 Å². The molecule has 0 saturated carbocycles. The van der Waals surface area contributed by atoms with Crippen molar-refractivity contribution in [3.63, 3.8) is 0 Å². The largest absolute Gasteiger partial charge is 0.411 e. The number of hydrogen-bond donors (Lipinski definition) is 0. The quantitative estimate of drug-likeness (QED) is 0.537. The van der Waals surface area contributed by atoms with Gasteiger partial charge in [0.2, 0.25) is 5.63 Å². The minimum Gasteiger partial charge on any atom is -0.321 e. The summed E-state index contributed by atoms with van der Waals surface area (Å²) in [4.78, 5) is 0. The molecule has 12 heavy (non-hydrogen) atoms. The van der Waals surface area contributed by atoms with Crippen LogP contribution in [0.4, 0.5) is 22.0 Å². The highest BCUT2D eigenvalue weighted by molar-refractivity contribution is 6.30. The molecule has 0 aliphatic rings. The molecule has 0 aromatic heterocycles. The summed E-state index contributed by atoms with van der Waals surface area (Å²) in [7, 11) is 0. The second kappa shape index (κ2) is 3.93. The Labute approximate surface area is 74.4 Å². The van der Waals surface area contributed by atoms with E-state index < -0.39 is 23.7 Å². The van der Waals surface area contributed by atoms with Gasteiger partial charge in [-0.3, -0.25) is 0 Å². The lowest BCUT2D eigenvalue weighted by Gasteiger charge is -2.18. The molecule has 2 atom stereocenters. The van der Waals surface area contributed by atoms with Crippen molar-refractivity contribution >= 4 is 23.2 Å². The fourth-order valence-corrected chi connectivity index (χ4v) is 0.359. The van der Waals surface area contributed by atoms with Crippen molar-refractivity contribution in [3.05, 3.63) is 0 Å². The second-order valence-electron chi connectivity index (χ2n) is 1.77. The van der Waals surface area contributed by atoms with Gasteiger partial charge in [-0.05, 0) is 11.6 Å². The van der Waals surface area contributed by atoms with Crippen molar-refractivity contribution in [2.75, 3.05) is 6.61 Å². The van der Waals surface area contributed by atoms with Crippen LogP contribution in [0.15, 0.2) is 0 Å². The van der Waals surface area contributed by atoms with E-state index in [9.17, 15) is 22.0 Å². The van der Waals surface area contributed by atoms with Crippen molar-refractivity contribution < 1.29 is 26.7 Å². The zero-order valence-electron chi connectivity index (χ0n) is 5.34. The molecule has 8 heteroatoms. The number of halogens is 7. The standard InChI is InChI=1S/C4H3Cl2F5O/c5-2(7)4(6,11)12-1-3(8,9)10/h2H,1H2. The van der Waals surface area contributed by atoms with Gasteiger partial charge in [0.05, 0.1) is 0 Å². The fraction of sp³-hybridized carbons (Fsp3) is 1.00. The summed E-state index contributed by atoms with van der Waals surface area (Å²) in [5.74, 6) is 0. The molecule has 0 N–H and O–H groups in total. The lowest BCUT2D eigenvalue weighted by molar-refractivity contribution is -0.218. The molecule has 2 unspecified atom stereocenters. The molecule has 0 rings (SSSR count). The van der Waals surface area contributed by atoms with Crippen molar-refractivity contribution in [2.24, 2.45) is 0 Å². The van der Waals surface area contributed by atoms with Crippen molar-refractivity contribution in [2.45, 2.75) is 17.1 Å². The van der Waals surface area contributed by atoms with Gasteiger partial charge in [0, 0.05) is 0 Å². The van der Waals surface area contributed by atoms with Gasteiger partial charge >= 0.3 is 11.5 Å². The van der Waals surface area contributed by atoms with Gasteiger partial charge in [0.25, 0.3) is 0 Å². The van der Waals surface area contributed by atoms with Crippen LogP contribution in [-0.4, -0.2) is 23.7 Å². The zero-order chi connectivity index (χ0) is 9.99. The van der Waals surface area contributed by atoms with Gasteiger partial charge in [-0.2, -0.15) is 17.6 Å². The number of rotatable bonds is 3. The van der Waals surface area contributed by atoms with E-state index >= 15 is 0 Å². The number of hydrogen-bond acceptors (Lipinski definition) is 1. The average Bonchev–Trinajstić information content (AvgIpc) is 1.82. The molecule has 0 heterocycles. The Morgan fingerprint density at radius 1 is 1.25 bits per heavy atom. The van der Waals surface area contributed by atoms with E-state index in [1.165, 1.54) is 0 Å². The van der Waals surface area contributed by atoms with E-state index in [1.54, 1.807) is 0 Å². The third kappa shape index (κ3) is 4.95. The van der Waals surface area contributed by atoms with Gasteiger partial charge in [-0.25, -0.2) is 4.39 Å². The highest BCUT2D eigenvalue weighted by Crippen LogP contribution is 2.30. The van der Waals surface area contributed by atoms with Crippen molar-refractivity contribution in [1.82, 2.24) is 0 Å². The average molecular weight is 233 g/mol. The second-order valence-corrected chi connectivity index (χ2v) is 2.66. The van der Waals surface area contributed by atoms with Crippen LogP contribution in [0.5, 0.6) is 0 Å². The molecule has 0 bridgehead atoms. The van der Waals surface area contributed by atoms with Crippen LogP contribution >= 0.6 is 23.2 Å². The van der Waals surface area contributed by atoms with Gasteiger partial charge in [0.1, 0.15) is 6.61 Å². The molecular formula is C4H3Cl2F5O. The SMILES string of the molecule is FC(Cl)C(F)(Cl)OCC(F)(F)F. The summed E-state index contributed by atoms with van der Waals surface area (Å²) in [5.41, 5.74) is -2.86. The number of ether oxygens (including phenoxy) is 1. The number of alkyl halides is 7. The van der Waals surface area contributed by atoms with E-state index in [2.05, 4.69) is 27.9 Å². The van der Waals surface area contributed by atoms with Crippen LogP contribution in [0.3, 0.4) is 0 Å². The molecular weight excluding hydrogens is 230 g/mol. The van der Waals surface area contributed by atoms with Crippen LogP contribution in [0.25, 0.3) is 0 Å². The van der Waals surface area contributed by atoms with E-state index in [0.29, 0.717) is 0 Å². The normalized spacial score (nSPS) is 20.2. The Hall–Kier alpha value is 0.190. The Kier molecular flexibility index (Phi) is 3.99. The zero-order valence-corrected chi connectivity index (χ0v) is 6.85. The van der Waals surface area contributed by atoms with Gasteiger partial charge in [0.15, 0.2) is 0 Å². The molecule has 0 aromatic carbocycles. The van der Waals surface area contributed by atoms with Crippen LogP contribution in [0, 0.1) is 0 Å². The smallest absolute Gasteiger partial charge is 0.321 e. The third-order valence-electron chi connectivity index (χ3n) is 0.682. The summed E-state index contributed by atoms with van der Waals surface area (Å²) in [5, 5.41) is -3.64. The van der Waals surface area contributed by atoms with Crippen LogP contribution in [-0.2, 0) is 4.74 Å². The Balaban J connectivity index is 3.93. The highest BCUT2D eigenvalue weighted by atomic mass is 35.5. The molecule has 0 fully saturated rings. The summed E-state index contributed by atoms with van der Waals surface area (Å²) < 4.78 is 61.4. The first kappa shape index (κ1) is 12.2. The molecule has 0 aliphatic carbocycles. The monoisotopic (exact) mass is 232 g/mol. The van der Waals surface area contributed by atoms with Crippen LogP contribution < -0.4 is 0 Å². The lowest BCUT2D eigenvalue weighted by Crippen LogP contribution is -2.32. The summed E-state index contributed by atoms with van der Waals surface area (Å²) >= 11 is 8.91. The topological polar surface area (TPSA) is 9.23 Å². The van der Waals surface area contributed by atoms with Crippen LogP contribution in [0.2, 0.25) is 0 Å². The van der Waals surface area contributed by atoms with Crippen molar-refractivity contribution in [1.29, 1.82) is 0 Å². The molecule has 0 saturated heterocycles. The highest BCUT2D eigenvalue weighted by Gasteiger charge is 2.42. The summed E-state index contributed by atoms with van der Waals surface area (Å²) in [6.07, 6.45) is -4.78. The molecule has 0 amide bonds. The maximum Gasteiger partial charge on any atom is 0.411 e. The predicted octanol–water partition coefficient (Wildman–Crippen LogP) is 2.96. The molecule has 0 radical (unpaired) electrons. The van der Waals surface area contributed by atoms with E-state index in [-0.39, 0.29) is 0 Å². The molecule has 0 aromatic rings. The molecule has 0 aliphatic heterocycles. The van der Waals surface area contributed by atoms with E-state index in [4.69, 9.17) is 0 Å². The summed E-state index contributed by atoms with van der Waals surface area (Å²) in [6.45, 7) is -2.00. The molecule has 74 valence electrons. The van der Waals surface area contributed by atoms with Gasteiger partial charge in [-0.15, -0.1) is 0 Å². The Bertz CT molecular complexity index is 145. The lowest BCUT2D eigenvalue weighted by atomic mass is 10.6. The maximum atomic E-state index is 12.3. The maximum absolute atomic E-state index is 12.3. The Morgan fingerprint density at radius 3 is 1.92 bits per heavy atom. The minimum absolute atomic E-state index is 2.00. The minimum atomic E-state index is -4.78. The first-order valence-electron chi connectivity index (χ1n) is 2.52. The van der Waals surface area contributed by atoms with Crippen molar-refractivity contribution in [3.8, 4) is 0 Å². The molecule has 0 spiro atoms. The summed E-state index contributed by atoms with van der Waals surface area (Å²) in [6, 6.07) is 0. The fourth-order valence-electron chi connectivity index (χ4n) is 0.241.